The fourth-order valence-corrected chi connectivity index (χ4v) is 2.49. The van der Waals surface area contributed by atoms with Gasteiger partial charge in [-0.2, -0.15) is 0 Å². The molecule has 0 radical (unpaired) electrons. The van der Waals surface area contributed by atoms with Gasteiger partial charge in [-0.3, -0.25) is 9.59 Å². The fraction of sp³-hybridized carbons (Fsp3) is 0.412. The minimum Gasteiger partial charge on any atom is -0.481 e. The van der Waals surface area contributed by atoms with E-state index in [0.717, 1.165) is 11.1 Å². The van der Waals surface area contributed by atoms with E-state index in [4.69, 9.17) is 5.11 Å². The monoisotopic (exact) mass is 287 g/mol. The Hall–Kier alpha value is -2.10. The van der Waals surface area contributed by atoms with Gasteiger partial charge >= 0.3 is 5.97 Å². The first kappa shape index (κ1) is 15.3. The number of nitrogens with zero attached hydrogens (tertiary/aromatic N) is 1. The zero-order chi connectivity index (χ0) is 15.6. The molecular weight excluding hydrogens is 266 g/mol. The molecule has 1 amide bonds. The number of aryl methyl sites for hydroxylation is 2. The second-order valence-corrected chi connectivity index (χ2v) is 5.82. The van der Waals surface area contributed by atoms with Crippen LogP contribution >= 0.6 is 0 Å². The van der Waals surface area contributed by atoms with Crippen molar-refractivity contribution in [1.29, 1.82) is 0 Å². The summed E-state index contributed by atoms with van der Waals surface area (Å²) in [5.41, 5.74) is 3.37. The molecule has 1 aromatic carbocycles. The van der Waals surface area contributed by atoms with Gasteiger partial charge in [0.2, 0.25) is 5.91 Å². The summed E-state index contributed by atoms with van der Waals surface area (Å²) in [7, 11) is 0. The minimum absolute atomic E-state index is 0.0520. The first-order chi connectivity index (χ1) is 9.88. The van der Waals surface area contributed by atoms with E-state index in [1.165, 1.54) is 5.56 Å². The molecule has 112 valence electrons. The summed E-state index contributed by atoms with van der Waals surface area (Å²) in [6.45, 7) is 6.81. The molecule has 2 rings (SSSR count). The number of benzene rings is 1. The largest absolute Gasteiger partial charge is 0.481 e. The number of likely N-dealkylation sites (tertiary alicyclic amines) is 1. The maximum absolute atomic E-state index is 12.0. The van der Waals surface area contributed by atoms with Crippen molar-refractivity contribution in [3.8, 4) is 0 Å². The normalized spacial score (nSPS) is 16.8. The number of amides is 1. The molecule has 0 aliphatic carbocycles. The molecule has 4 nitrogen and oxygen atoms in total. The van der Waals surface area contributed by atoms with Gasteiger partial charge in [0.25, 0.3) is 0 Å². The first-order valence-corrected chi connectivity index (χ1v) is 7.15. The Morgan fingerprint density at radius 3 is 2.57 bits per heavy atom. The SMILES string of the molecule is Cc1ccc(/C=C/C(=O)N2CC(C(C)C(=O)O)C2)c(C)c1. The Morgan fingerprint density at radius 2 is 2.00 bits per heavy atom. The van der Waals surface area contributed by atoms with Crippen LogP contribution < -0.4 is 0 Å². The van der Waals surface area contributed by atoms with Gasteiger partial charge in [-0.15, -0.1) is 0 Å². The van der Waals surface area contributed by atoms with E-state index in [1.807, 2.05) is 32.1 Å². The molecule has 1 saturated heterocycles. The summed E-state index contributed by atoms with van der Waals surface area (Å²) in [6.07, 6.45) is 3.39. The minimum atomic E-state index is -0.794. The van der Waals surface area contributed by atoms with Crippen molar-refractivity contribution in [2.75, 3.05) is 13.1 Å². The number of carboxylic acids is 1. The van der Waals surface area contributed by atoms with Crippen molar-refractivity contribution in [3.63, 3.8) is 0 Å². The fourth-order valence-electron chi connectivity index (χ4n) is 2.49. The van der Waals surface area contributed by atoms with Crippen LogP contribution in [0.5, 0.6) is 0 Å². The summed E-state index contributed by atoms with van der Waals surface area (Å²) in [5.74, 6) is -1.17. The van der Waals surface area contributed by atoms with Gasteiger partial charge in [0, 0.05) is 25.1 Å². The molecule has 1 fully saturated rings. The van der Waals surface area contributed by atoms with Crippen LogP contribution in [-0.2, 0) is 9.59 Å². The Balaban J connectivity index is 1.91. The highest BCUT2D eigenvalue weighted by Gasteiger charge is 2.36. The third-order valence-electron chi connectivity index (χ3n) is 4.15. The number of hydrogen-bond donors (Lipinski definition) is 1. The second kappa shape index (κ2) is 6.12. The molecule has 1 aromatic rings. The molecule has 1 atom stereocenters. The van der Waals surface area contributed by atoms with E-state index in [-0.39, 0.29) is 11.8 Å². The lowest BCUT2D eigenvalue weighted by Crippen LogP contribution is -2.53. The number of carbonyl (C=O) groups excluding carboxylic acids is 1. The van der Waals surface area contributed by atoms with Crippen LogP contribution in [0.1, 0.15) is 23.6 Å². The van der Waals surface area contributed by atoms with Crippen molar-refractivity contribution in [3.05, 3.63) is 41.0 Å². The third kappa shape index (κ3) is 3.51. The maximum atomic E-state index is 12.0. The smallest absolute Gasteiger partial charge is 0.306 e. The van der Waals surface area contributed by atoms with Crippen molar-refractivity contribution < 1.29 is 14.7 Å². The van der Waals surface area contributed by atoms with E-state index in [0.29, 0.717) is 13.1 Å². The van der Waals surface area contributed by atoms with Crippen LogP contribution in [0, 0.1) is 25.7 Å². The highest BCUT2D eigenvalue weighted by atomic mass is 16.4. The van der Waals surface area contributed by atoms with Gasteiger partial charge < -0.3 is 10.0 Å². The van der Waals surface area contributed by atoms with E-state index in [1.54, 1.807) is 17.9 Å². The zero-order valence-electron chi connectivity index (χ0n) is 12.7. The lowest BCUT2D eigenvalue weighted by molar-refractivity contribution is -0.148. The third-order valence-corrected chi connectivity index (χ3v) is 4.15. The number of aliphatic carboxylic acids is 1. The molecule has 4 heteroatoms. The van der Waals surface area contributed by atoms with Gasteiger partial charge in [0.15, 0.2) is 0 Å². The van der Waals surface area contributed by atoms with Crippen LogP contribution in [0.2, 0.25) is 0 Å². The van der Waals surface area contributed by atoms with E-state index in [9.17, 15) is 9.59 Å². The summed E-state index contributed by atoms with van der Waals surface area (Å²) < 4.78 is 0. The van der Waals surface area contributed by atoms with Gasteiger partial charge in [-0.25, -0.2) is 0 Å². The van der Waals surface area contributed by atoms with Crippen molar-refractivity contribution >= 4 is 18.0 Å². The summed E-state index contributed by atoms with van der Waals surface area (Å²) in [4.78, 5) is 24.6. The predicted molar refractivity (Wildman–Crippen MR) is 81.8 cm³/mol. The highest BCUT2D eigenvalue weighted by molar-refractivity contribution is 5.92. The highest BCUT2D eigenvalue weighted by Crippen LogP contribution is 2.24. The number of carboxylic acid groups (broad SMARTS) is 1. The average molecular weight is 287 g/mol. The molecule has 21 heavy (non-hydrogen) atoms. The molecule has 0 saturated carbocycles. The van der Waals surface area contributed by atoms with Crippen LogP contribution in [0.3, 0.4) is 0 Å². The van der Waals surface area contributed by atoms with Crippen molar-refractivity contribution in [1.82, 2.24) is 4.90 Å². The Morgan fingerprint density at radius 1 is 1.33 bits per heavy atom. The number of hydrogen-bond acceptors (Lipinski definition) is 2. The molecule has 0 spiro atoms. The summed E-state index contributed by atoms with van der Waals surface area (Å²) in [6, 6.07) is 6.10. The van der Waals surface area contributed by atoms with Gasteiger partial charge in [0.05, 0.1) is 5.92 Å². The summed E-state index contributed by atoms with van der Waals surface area (Å²) in [5, 5.41) is 8.93. The van der Waals surface area contributed by atoms with Gasteiger partial charge in [-0.1, -0.05) is 30.7 Å². The predicted octanol–water partition coefficient (Wildman–Crippen LogP) is 2.50. The van der Waals surface area contributed by atoms with Crippen LogP contribution in [0.25, 0.3) is 6.08 Å². The Labute approximate surface area is 125 Å². The molecule has 0 aromatic heterocycles. The maximum Gasteiger partial charge on any atom is 0.306 e. The average Bonchev–Trinajstić information content (AvgIpc) is 2.35. The molecule has 1 N–H and O–H groups in total. The van der Waals surface area contributed by atoms with Crippen molar-refractivity contribution in [2.24, 2.45) is 11.8 Å². The van der Waals surface area contributed by atoms with E-state index >= 15 is 0 Å². The van der Waals surface area contributed by atoms with E-state index < -0.39 is 11.9 Å². The first-order valence-electron chi connectivity index (χ1n) is 7.15. The van der Waals surface area contributed by atoms with Gasteiger partial charge in [0.1, 0.15) is 0 Å². The topological polar surface area (TPSA) is 57.6 Å². The molecular formula is C17H21NO3. The number of rotatable bonds is 4. The lowest BCUT2D eigenvalue weighted by Gasteiger charge is -2.40. The molecule has 0 bridgehead atoms. The van der Waals surface area contributed by atoms with Crippen LogP contribution in [0.4, 0.5) is 0 Å². The molecule has 1 heterocycles. The van der Waals surface area contributed by atoms with E-state index in [2.05, 4.69) is 6.07 Å². The molecule has 1 aliphatic heterocycles. The summed E-state index contributed by atoms with van der Waals surface area (Å²) >= 11 is 0. The zero-order valence-corrected chi connectivity index (χ0v) is 12.7. The molecule has 1 unspecified atom stereocenters. The van der Waals surface area contributed by atoms with Crippen LogP contribution in [0.15, 0.2) is 24.3 Å². The quantitative estimate of drug-likeness (QED) is 0.866. The lowest BCUT2D eigenvalue weighted by atomic mass is 9.87. The number of carbonyl (C=O) groups is 2. The van der Waals surface area contributed by atoms with Crippen LogP contribution in [-0.4, -0.2) is 35.0 Å². The Kier molecular flexibility index (Phi) is 4.46. The van der Waals surface area contributed by atoms with Crippen molar-refractivity contribution in [2.45, 2.75) is 20.8 Å². The second-order valence-electron chi connectivity index (χ2n) is 5.82. The molecule has 1 aliphatic rings. The van der Waals surface area contributed by atoms with Gasteiger partial charge in [-0.05, 0) is 31.1 Å². The standard InChI is InChI=1S/C17H21NO3/c1-11-4-5-14(12(2)8-11)6-7-16(19)18-9-15(10-18)13(3)17(20)21/h4-8,13,15H,9-10H2,1-3H3,(H,20,21)/b7-6+. The Bertz CT molecular complexity index is 586.